The van der Waals surface area contributed by atoms with Gasteiger partial charge in [0.1, 0.15) is 0 Å². The monoisotopic (exact) mass is 566 g/mol. The zero-order chi connectivity index (χ0) is 30.8. The zero-order valence-electron chi connectivity index (χ0n) is 26.3. The zero-order valence-corrected chi connectivity index (χ0v) is 26.3. The molecule has 4 aromatic rings. The highest BCUT2D eigenvalue weighted by molar-refractivity contribution is 5.48. The highest BCUT2D eigenvalue weighted by Gasteiger charge is 2.16. The highest BCUT2D eigenvalue weighted by atomic mass is 14.2. The number of allylic oxidation sites excluding steroid dienone is 7. The molecule has 0 aromatic heterocycles. The van der Waals surface area contributed by atoms with Gasteiger partial charge < -0.3 is 0 Å². The molecule has 1 aliphatic carbocycles. The SMILES string of the molecule is C/C=C/c1ccccc1.C/C=C\C=C\CC1CCc2ccccc2C1.C=CCc1ccccc1.C=CCc1ccccc1. The lowest BCUT2D eigenvalue weighted by molar-refractivity contribution is 0.464. The molecule has 0 amide bonds. The fourth-order valence-corrected chi connectivity index (χ4v) is 4.75. The van der Waals surface area contributed by atoms with Gasteiger partial charge in [-0.05, 0) is 86.1 Å². The Morgan fingerprint density at radius 1 is 0.605 bits per heavy atom. The molecule has 0 radical (unpaired) electrons. The summed E-state index contributed by atoms with van der Waals surface area (Å²) in [6.07, 6.45) is 23.6. The summed E-state index contributed by atoms with van der Waals surface area (Å²) >= 11 is 0. The molecular weight excluding hydrogens is 516 g/mol. The van der Waals surface area contributed by atoms with E-state index in [-0.39, 0.29) is 0 Å². The molecule has 1 atom stereocenters. The molecule has 43 heavy (non-hydrogen) atoms. The van der Waals surface area contributed by atoms with Crippen molar-refractivity contribution in [1.82, 2.24) is 0 Å². The van der Waals surface area contributed by atoms with Crippen LogP contribution in [-0.4, -0.2) is 0 Å². The van der Waals surface area contributed by atoms with E-state index in [0.717, 1.165) is 18.8 Å². The van der Waals surface area contributed by atoms with Crippen molar-refractivity contribution in [3.05, 3.63) is 199 Å². The minimum Gasteiger partial charge on any atom is -0.103 e. The molecule has 0 saturated heterocycles. The summed E-state index contributed by atoms with van der Waals surface area (Å²) in [6.45, 7) is 11.4. The van der Waals surface area contributed by atoms with Gasteiger partial charge in [0.25, 0.3) is 0 Å². The summed E-state index contributed by atoms with van der Waals surface area (Å²) in [7, 11) is 0. The van der Waals surface area contributed by atoms with Crippen LogP contribution in [0.1, 0.15) is 54.5 Å². The first-order valence-corrected chi connectivity index (χ1v) is 15.5. The van der Waals surface area contributed by atoms with Gasteiger partial charge in [-0.1, -0.05) is 164 Å². The van der Waals surface area contributed by atoms with Crippen LogP contribution >= 0.6 is 0 Å². The third-order valence-electron chi connectivity index (χ3n) is 6.96. The molecule has 0 N–H and O–H groups in total. The van der Waals surface area contributed by atoms with Crippen molar-refractivity contribution in [2.75, 3.05) is 0 Å². The van der Waals surface area contributed by atoms with Crippen molar-refractivity contribution in [2.45, 2.75) is 52.4 Å². The second kappa shape index (κ2) is 23.2. The van der Waals surface area contributed by atoms with Crippen LogP contribution in [0.2, 0.25) is 0 Å². The third kappa shape index (κ3) is 16.0. The summed E-state index contributed by atoms with van der Waals surface area (Å²) in [6, 6.07) is 39.7. The second-order valence-corrected chi connectivity index (χ2v) is 10.4. The number of fused-ring (bicyclic) bond motifs is 1. The van der Waals surface area contributed by atoms with Crippen LogP contribution in [0, 0.1) is 5.92 Å². The average Bonchev–Trinajstić information content (AvgIpc) is 3.06. The molecule has 0 fully saturated rings. The molecule has 0 nitrogen and oxygen atoms in total. The molecule has 1 unspecified atom stereocenters. The molecule has 1 aliphatic rings. The van der Waals surface area contributed by atoms with Crippen molar-refractivity contribution in [2.24, 2.45) is 5.92 Å². The van der Waals surface area contributed by atoms with Gasteiger partial charge in [0.05, 0.1) is 0 Å². The van der Waals surface area contributed by atoms with Crippen LogP contribution in [0.25, 0.3) is 6.08 Å². The molecule has 0 aliphatic heterocycles. The third-order valence-corrected chi connectivity index (χ3v) is 6.96. The largest absolute Gasteiger partial charge is 0.103 e. The molecular formula is C43H50. The second-order valence-electron chi connectivity index (χ2n) is 10.4. The maximum atomic E-state index is 3.66. The number of hydrogen-bond donors (Lipinski definition) is 0. The highest BCUT2D eigenvalue weighted by Crippen LogP contribution is 2.27. The standard InChI is InChI=1S/C16H20.3C9H10/c1-2-3-4-5-8-14-11-12-15-9-6-7-10-16(15)13-14;3*1-2-6-9-7-4-3-5-8-9/h2-7,9-10,14H,8,11-13H2,1H3;2-8H,1H3;2*2-5,7-8H,1,6H2/b3-2-,5-4+;6-2+;;. The summed E-state index contributed by atoms with van der Waals surface area (Å²) in [5.74, 6) is 0.844. The number of hydrogen-bond acceptors (Lipinski definition) is 0. The van der Waals surface area contributed by atoms with Crippen LogP contribution in [0.5, 0.6) is 0 Å². The van der Waals surface area contributed by atoms with Crippen molar-refractivity contribution in [3.8, 4) is 0 Å². The normalized spacial score (nSPS) is 13.5. The average molecular weight is 567 g/mol. The number of aryl methyl sites for hydroxylation is 1. The van der Waals surface area contributed by atoms with Gasteiger partial charge in [-0.25, -0.2) is 0 Å². The van der Waals surface area contributed by atoms with Crippen molar-refractivity contribution >= 4 is 6.08 Å². The topological polar surface area (TPSA) is 0 Å². The first-order valence-electron chi connectivity index (χ1n) is 15.5. The van der Waals surface area contributed by atoms with Crippen molar-refractivity contribution in [3.63, 3.8) is 0 Å². The molecule has 0 heterocycles. The predicted octanol–water partition coefficient (Wildman–Crippen LogP) is 11.9. The van der Waals surface area contributed by atoms with Gasteiger partial charge in [0.2, 0.25) is 0 Å². The minimum atomic E-state index is 0.844. The Bertz CT molecular complexity index is 1300. The molecule has 222 valence electrons. The van der Waals surface area contributed by atoms with E-state index in [1.807, 2.05) is 79.7 Å². The predicted molar refractivity (Wildman–Crippen MR) is 192 cm³/mol. The van der Waals surface area contributed by atoms with Gasteiger partial charge in [0.15, 0.2) is 0 Å². The summed E-state index contributed by atoms with van der Waals surface area (Å²) in [5.41, 5.74) is 7.05. The maximum Gasteiger partial charge on any atom is -0.0100 e. The van der Waals surface area contributed by atoms with Gasteiger partial charge in [-0.3, -0.25) is 0 Å². The number of benzene rings is 4. The fraction of sp³-hybridized carbons (Fsp3) is 0.209. The lowest BCUT2D eigenvalue weighted by Gasteiger charge is -2.23. The summed E-state index contributed by atoms with van der Waals surface area (Å²) < 4.78 is 0. The van der Waals surface area contributed by atoms with Crippen LogP contribution in [0.4, 0.5) is 0 Å². The molecule has 0 heteroatoms. The van der Waals surface area contributed by atoms with E-state index >= 15 is 0 Å². The van der Waals surface area contributed by atoms with E-state index in [2.05, 4.69) is 111 Å². The number of rotatable bonds is 8. The molecule has 0 bridgehead atoms. The quantitative estimate of drug-likeness (QED) is 0.147. The molecule has 4 aromatic carbocycles. The molecule has 0 spiro atoms. The van der Waals surface area contributed by atoms with Crippen molar-refractivity contribution < 1.29 is 0 Å². The lowest BCUT2D eigenvalue weighted by Crippen LogP contribution is -2.13. The Labute approximate surface area is 262 Å². The Balaban J connectivity index is 0.000000209. The van der Waals surface area contributed by atoms with E-state index in [0.29, 0.717) is 0 Å². The Morgan fingerprint density at radius 3 is 1.63 bits per heavy atom. The van der Waals surface area contributed by atoms with E-state index in [1.165, 1.54) is 42.4 Å². The summed E-state index contributed by atoms with van der Waals surface area (Å²) in [5, 5.41) is 0. The first kappa shape index (κ1) is 34.8. The Kier molecular flexibility index (Phi) is 18.7. The molecule has 0 saturated carbocycles. The first-order chi connectivity index (χ1) is 21.2. The van der Waals surface area contributed by atoms with Crippen molar-refractivity contribution in [1.29, 1.82) is 0 Å². The van der Waals surface area contributed by atoms with Crippen LogP contribution < -0.4 is 0 Å². The van der Waals surface area contributed by atoms with E-state index in [4.69, 9.17) is 0 Å². The van der Waals surface area contributed by atoms with E-state index in [1.54, 1.807) is 11.1 Å². The smallest absolute Gasteiger partial charge is 0.0100 e. The van der Waals surface area contributed by atoms with Crippen LogP contribution in [-0.2, 0) is 25.7 Å². The maximum absolute atomic E-state index is 3.66. The summed E-state index contributed by atoms with van der Waals surface area (Å²) in [4.78, 5) is 0. The van der Waals surface area contributed by atoms with Gasteiger partial charge in [0, 0.05) is 0 Å². The van der Waals surface area contributed by atoms with Crippen LogP contribution in [0.15, 0.2) is 171 Å². The molecule has 5 rings (SSSR count). The minimum absolute atomic E-state index is 0.844. The lowest BCUT2D eigenvalue weighted by atomic mass is 9.82. The van der Waals surface area contributed by atoms with Crippen LogP contribution in [0.3, 0.4) is 0 Å². The van der Waals surface area contributed by atoms with Gasteiger partial charge in [-0.2, -0.15) is 0 Å². The Hall–Kier alpha value is -4.42. The van der Waals surface area contributed by atoms with E-state index in [9.17, 15) is 0 Å². The van der Waals surface area contributed by atoms with E-state index < -0.39 is 0 Å². The Morgan fingerprint density at radius 2 is 1.12 bits per heavy atom. The van der Waals surface area contributed by atoms with Gasteiger partial charge in [-0.15, -0.1) is 13.2 Å². The van der Waals surface area contributed by atoms with Gasteiger partial charge >= 0.3 is 0 Å². The fourth-order valence-electron chi connectivity index (χ4n) is 4.75.